The van der Waals surface area contributed by atoms with Gasteiger partial charge in [0.25, 0.3) is 0 Å². The second-order valence-electron chi connectivity index (χ2n) is 4.30. The predicted octanol–water partition coefficient (Wildman–Crippen LogP) is 2.56. The van der Waals surface area contributed by atoms with Crippen LogP contribution in [0.1, 0.15) is 38.4 Å². The molecule has 4 heteroatoms. The lowest BCUT2D eigenvalue weighted by molar-refractivity contribution is 0.380. The standard InChI is InChI=1S/C12H21N3S/c1-2-16-11-6-4-3-5-10(11)15-9-12-13-7-8-14-12/h7-8,10-11,15H,2-6,9H2,1H3,(H,13,14)/t10-,11+/m0/s1. The first-order chi connectivity index (χ1) is 7.90. The molecule has 0 unspecified atom stereocenters. The maximum atomic E-state index is 4.25. The van der Waals surface area contributed by atoms with E-state index in [0.717, 1.165) is 17.6 Å². The van der Waals surface area contributed by atoms with Gasteiger partial charge in [0.1, 0.15) is 5.82 Å². The van der Waals surface area contributed by atoms with Gasteiger partial charge >= 0.3 is 0 Å². The summed E-state index contributed by atoms with van der Waals surface area (Å²) in [6.45, 7) is 3.13. The van der Waals surface area contributed by atoms with Gasteiger partial charge in [-0.25, -0.2) is 4.98 Å². The number of imidazole rings is 1. The molecule has 0 aliphatic heterocycles. The van der Waals surface area contributed by atoms with E-state index in [1.807, 2.05) is 12.4 Å². The van der Waals surface area contributed by atoms with E-state index in [0.29, 0.717) is 6.04 Å². The van der Waals surface area contributed by atoms with Gasteiger partial charge in [-0.1, -0.05) is 19.8 Å². The third-order valence-corrected chi connectivity index (χ3v) is 4.50. The number of rotatable bonds is 5. The fourth-order valence-corrected chi connectivity index (χ4v) is 3.59. The molecule has 2 rings (SSSR count). The summed E-state index contributed by atoms with van der Waals surface area (Å²) in [7, 11) is 0. The lowest BCUT2D eigenvalue weighted by Crippen LogP contribution is -2.40. The molecule has 0 bridgehead atoms. The molecular weight excluding hydrogens is 218 g/mol. The van der Waals surface area contributed by atoms with Gasteiger partial charge in [0.05, 0.1) is 6.54 Å². The van der Waals surface area contributed by atoms with Crippen LogP contribution in [-0.2, 0) is 6.54 Å². The van der Waals surface area contributed by atoms with E-state index in [1.54, 1.807) is 0 Å². The highest BCUT2D eigenvalue weighted by Crippen LogP contribution is 2.28. The highest BCUT2D eigenvalue weighted by atomic mass is 32.2. The average Bonchev–Trinajstić information content (AvgIpc) is 2.81. The van der Waals surface area contributed by atoms with Crippen LogP contribution in [0.4, 0.5) is 0 Å². The molecular formula is C12H21N3S. The van der Waals surface area contributed by atoms with Crippen LogP contribution >= 0.6 is 11.8 Å². The second-order valence-corrected chi connectivity index (χ2v) is 5.82. The maximum Gasteiger partial charge on any atom is 0.120 e. The van der Waals surface area contributed by atoms with Gasteiger partial charge in [0.2, 0.25) is 0 Å². The number of nitrogens with one attached hydrogen (secondary N) is 2. The van der Waals surface area contributed by atoms with E-state index in [9.17, 15) is 0 Å². The molecule has 1 saturated carbocycles. The minimum Gasteiger partial charge on any atom is -0.348 e. The average molecular weight is 239 g/mol. The third kappa shape index (κ3) is 3.25. The smallest absolute Gasteiger partial charge is 0.120 e. The van der Waals surface area contributed by atoms with E-state index < -0.39 is 0 Å². The Labute approximate surface area is 102 Å². The van der Waals surface area contributed by atoms with Gasteiger partial charge in [-0.15, -0.1) is 0 Å². The number of H-pyrrole nitrogens is 1. The Kier molecular flexibility index (Phi) is 4.72. The lowest BCUT2D eigenvalue weighted by atomic mass is 9.95. The molecule has 1 fully saturated rings. The largest absolute Gasteiger partial charge is 0.348 e. The number of hydrogen-bond acceptors (Lipinski definition) is 3. The number of aromatic nitrogens is 2. The van der Waals surface area contributed by atoms with Gasteiger partial charge < -0.3 is 10.3 Å². The zero-order chi connectivity index (χ0) is 11.2. The van der Waals surface area contributed by atoms with Crippen molar-refractivity contribution in [1.82, 2.24) is 15.3 Å². The van der Waals surface area contributed by atoms with Crippen molar-refractivity contribution >= 4 is 11.8 Å². The predicted molar refractivity (Wildman–Crippen MR) is 69.6 cm³/mol. The molecule has 1 aromatic rings. The molecule has 0 amide bonds. The van der Waals surface area contributed by atoms with E-state index in [4.69, 9.17) is 0 Å². The minimum atomic E-state index is 0.670. The molecule has 2 N–H and O–H groups in total. The molecule has 0 radical (unpaired) electrons. The minimum absolute atomic E-state index is 0.670. The Bertz CT molecular complexity index is 284. The molecule has 2 atom stereocenters. The lowest BCUT2D eigenvalue weighted by Gasteiger charge is -2.31. The van der Waals surface area contributed by atoms with Crippen molar-refractivity contribution in [1.29, 1.82) is 0 Å². The fourth-order valence-electron chi connectivity index (χ4n) is 2.37. The van der Waals surface area contributed by atoms with E-state index in [2.05, 4.69) is 34.0 Å². The number of aromatic amines is 1. The quantitative estimate of drug-likeness (QED) is 0.829. The summed E-state index contributed by atoms with van der Waals surface area (Å²) in [4.78, 5) is 7.39. The van der Waals surface area contributed by atoms with Crippen LogP contribution in [0.15, 0.2) is 12.4 Å². The normalized spacial score (nSPS) is 25.8. The van der Waals surface area contributed by atoms with Gasteiger partial charge in [0.15, 0.2) is 0 Å². The Hall–Kier alpha value is -0.480. The molecule has 1 aromatic heterocycles. The zero-order valence-electron chi connectivity index (χ0n) is 9.91. The van der Waals surface area contributed by atoms with Crippen LogP contribution < -0.4 is 5.32 Å². The molecule has 1 aliphatic rings. The first-order valence-electron chi connectivity index (χ1n) is 6.23. The molecule has 1 aliphatic carbocycles. The summed E-state index contributed by atoms with van der Waals surface area (Å²) in [6.07, 6.45) is 9.16. The Morgan fingerprint density at radius 1 is 1.50 bits per heavy atom. The summed E-state index contributed by atoms with van der Waals surface area (Å²) in [6, 6.07) is 0.670. The van der Waals surface area contributed by atoms with Crippen LogP contribution in [0.25, 0.3) is 0 Å². The van der Waals surface area contributed by atoms with Crippen molar-refractivity contribution in [2.75, 3.05) is 5.75 Å². The van der Waals surface area contributed by atoms with Crippen LogP contribution in [-0.4, -0.2) is 27.0 Å². The third-order valence-electron chi connectivity index (χ3n) is 3.17. The first-order valence-corrected chi connectivity index (χ1v) is 7.28. The summed E-state index contributed by atoms with van der Waals surface area (Å²) >= 11 is 2.10. The topological polar surface area (TPSA) is 40.7 Å². The molecule has 1 heterocycles. The van der Waals surface area contributed by atoms with Gasteiger partial charge in [-0.2, -0.15) is 11.8 Å². The number of nitrogens with zero attached hydrogens (tertiary/aromatic N) is 1. The zero-order valence-corrected chi connectivity index (χ0v) is 10.7. The van der Waals surface area contributed by atoms with E-state index in [-0.39, 0.29) is 0 Å². The van der Waals surface area contributed by atoms with Gasteiger partial charge in [-0.3, -0.25) is 0 Å². The van der Waals surface area contributed by atoms with Crippen LogP contribution in [0.2, 0.25) is 0 Å². The number of thioether (sulfide) groups is 1. The van der Waals surface area contributed by atoms with Crippen LogP contribution in [0.3, 0.4) is 0 Å². The summed E-state index contributed by atoms with van der Waals surface area (Å²) in [5.41, 5.74) is 0. The highest BCUT2D eigenvalue weighted by molar-refractivity contribution is 7.99. The number of hydrogen-bond donors (Lipinski definition) is 2. The monoisotopic (exact) mass is 239 g/mol. The van der Waals surface area contributed by atoms with Crippen molar-refractivity contribution in [3.63, 3.8) is 0 Å². The molecule has 3 nitrogen and oxygen atoms in total. The maximum absolute atomic E-state index is 4.25. The summed E-state index contributed by atoms with van der Waals surface area (Å²) < 4.78 is 0. The molecule has 0 saturated heterocycles. The highest BCUT2D eigenvalue weighted by Gasteiger charge is 2.24. The van der Waals surface area contributed by atoms with Crippen molar-refractivity contribution in [2.45, 2.75) is 50.4 Å². The first kappa shape index (κ1) is 12.0. The van der Waals surface area contributed by atoms with E-state index >= 15 is 0 Å². The van der Waals surface area contributed by atoms with Crippen molar-refractivity contribution in [3.8, 4) is 0 Å². The molecule has 90 valence electrons. The Morgan fingerprint density at radius 2 is 2.38 bits per heavy atom. The van der Waals surface area contributed by atoms with Gasteiger partial charge in [0, 0.05) is 23.7 Å². The van der Waals surface area contributed by atoms with Crippen molar-refractivity contribution < 1.29 is 0 Å². The van der Waals surface area contributed by atoms with Gasteiger partial charge in [-0.05, 0) is 18.6 Å². The summed E-state index contributed by atoms with van der Waals surface area (Å²) in [5, 5.41) is 4.44. The van der Waals surface area contributed by atoms with Crippen molar-refractivity contribution in [3.05, 3.63) is 18.2 Å². The Balaban J connectivity index is 1.81. The van der Waals surface area contributed by atoms with E-state index in [1.165, 1.54) is 31.4 Å². The fraction of sp³-hybridized carbons (Fsp3) is 0.750. The Morgan fingerprint density at radius 3 is 3.12 bits per heavy atom. The summed E-state index contributed by atoms with van der Waals surface area (Å²) in [5.74, 6) is 2.27. The van der Waals surface area contributed by atoms with Crippen molar-refractivity contribution in [2.24, 2.45) is 0 Å². The van der Waals surface area contributed by atoms with Crippen LogP contribution in [0, 0.1) is 0 Å². The molecule has 16 heavy (non-hydrogen) atoms. The second kappa shape index (κ2) is 6.30. The SMILES string of the molecule is CCS[C@@H]1CCCC[C@@H]1NCc1ncc[nH]1. The molecule has 0 spiro atoms. The van der Waals surface area contributed by atoms with Crippen LogP contribution in [0.5, 0.6) is 0 Å². The molecule has 0 aromatic carbocycles.